The van der Waals surface area contributed by atoms with Gasteiger partial charge in [-0.3, -0.25) is 4.79 Å². The molecule has 2 aromatic rings. The molecule has 0 spiro atoms. The molecule has 84 valence electrons. The average Bonchev–Trinajstić information content (AvgIpc) is 2.70. The third-order valence-electron chi connectivity index (χ3n) is 2.28. The van der Waals surface area contributed by atoms with E-state index in [1.807, 2.05) is 19.9 Å². The van der Waals surface area contributed by atoms with Crippen molar-refractivity contribution in [1.82, 2.24) is 14.7 Å². The largest absolute Gasteiger partial charge is 0.339 e. The molecule has 2 rings (SSSR count). The number of hydrogen-bond donors (Lipinski definition) is 0. The SMILES string of the molecule is CCc1nc(Cn2ccc(C)cc2=O)no1. The Hall–Kier alpha value is -1.91. The topological polar surface area (TPSA) is 60.9 Å². The van der Waals surface area contributed by atoms with Crippen molar-refractivity contribution < 1.29 is 4.52 Å². The van der Waals surface area contributed by atoms with Crippen LogP contribution in [0.15, 0.2) is 27.6 Å². The van der Waals surface area contributed by atoms with Crippen LogP contribution in [0.2, 0.25) is 0 Å². The van der Waals surface area contributed by atoms with Crippen molar-refractivity contribution >= 4 is 0 Å². The van der Waals surface area contributed by atoms with Crippen LogP contribution >= 0.6 is 0 Å². The smallest absolute Gasteiger partial charge is 0.251 e. The van der Waals surface area contributed by atoms with Gasteiger partial charge >= 0.3 is 0 Å². The Bertz CT molecular complexity index is 542. The summed E-state index contributed by atoms with van der Waals surface area (Å²) < 4.78 is 6.53. The molecule has 5 heteroatoms. The Morgan fingerprint density at radius 2 is 2.31 bits per heavy atom. The first-order valence-corrected chi connectivity index (χ1v) is 5.17. The van der Waals surface area contributed by atoms with E-state index in [4.69, 9.17) is 4.52 Å². The van der Waals surface area contributed by atoms with Crippen LogP contribution in [-0.2, 0) is 13.0 Å². The van der Waals surface area contributed by atoms with Crippen molar-refractivity contribution in [2.75, 3.05) is 0 Å². The Balaban J connectivity index is 2.23. The predicted molar refractivity (Wildman–Crippen MR) is 58.2 cm³/mol. The molecule has 0 fully saturated rings. The summed E-state index contributed by atoms with van der Waals surface area (Å²) in [4.78, 5) is 15.7. The van der Waals surface area contributed by atoms with Crippen molar-refractivity contribution in [3.05, 3.63) is 46.0 Å². The molecule has 0 atom stereocenters. The molecule has 2 aromatic heterocycles. The molecule has 2 heterocycles. The van der Waals surface area contributed by atoms with E-state index in [1.54, 1.807) is 16.8 Å². The van der Waals surface area contributed by atoms with Gasteiger partial charge in [0.05, 0.1) is 6.54 Å². The van der Waals surface area contributed by atoms with Crippen molar-refractivity contribution in [3.63, 3.8) is 0 Å². The van der Waals surface area contributed by atoms with Crippen LogP contribution in [0.5, 0.6) is 0 Å². The predicted octanol–water partition coefficient (Wildman–Crippen LogP) is 1.15. The number of pyridine rings is 1. The lowest BCUT2D eigenvalue weighted by Gasteiger charge is -2.01. The van der Waals surface area contributed by atoms with Crippen molar-refractivity contribution in [3.8, 4) is 0 Å². The first kappa shape index (κ1) is 10.6. The molecule has 0 aliphatic rings. The third-order valence-corrected chi connectivity index (χ3v) is 2.28. The fourth-order valence-corrected chi connectivity index (χ4v) is 1.39. The van der Waals surface area contributed by atoms with Gasteiger partial charge in [-0.15, -0.1) is 0 Å². The van der Waals surface area contributed by atoms with Crippen LogP contribution in [-0.4, -0.2) is 14.7 Å². The summed E-state index contributed by atoms with van der Waals surface area (Å²) in [5.74, 6) is 1.12. The van der Waals surface area contributed by atoms with Crippen LogP contribution in [0, 0.1) is 6.92 Å². The summed E-state index contributed by atoms with van der Waals surface area (Å²) >= 11 is 0. The van der Waals surface area contributed by atoms with Gasteiger partial charge in [-0.05, 0) is 18.6 Å². The second kappa shape index (κ2) is 4.30. The van der Waals surface area contributed by atoms with E-state index in [9.17, 15) is 4.79 Å². The first-order chi connectivity index (χ1) is 7.69. The van der Waals surface area contributed by atoms with Crippen LogP contribution in [0.25, 0.3) is 0 Å². The molecule has 0 saturated carbocycles. The van der Waals surface area contributed by atoms with Gasteiger partial charge in [-0.1, -0.05) is 12.1 Å². The van der Waals surface area contributed by atoms with Gasteiger partial charge in [0.25, 0.3) is 5.56 Å². The van der Waals surface area contributed by atoms with Gasteiger partial charge < -0.3 is 9.09 Å². The zero-order valence-corrected chi connectivity index (χ0v) is 9.30. The van der Waals surface area contributed by atoms with E-state index in [0.29, 0.717) is 24.7 Å². The van der Waals surface area contributed by atoms with E-state index in [1.165, 1.54) is 0 Å². The van der Waals surface area contributed by atoms with Crippen LogP contribution in [0.4, 0.5) is 0 Å². The maximum atomic E-state index is 11.6. The molecule has 5 nitrogen and oxygen atoms in total. The second-order valence-electron chi connectivity index (χ2n) is 3.63. The monoisotopic (exact) mass is 219 g/mol. The summed E-state index contributed by atoms with van der Waals surface area (Å²) in [5.41, 5.74) is 0.895. The van der Waals surface area contributed by atoms with Crippen LogP contribution in [0.3, 0.4) is 0 Å². The molecule has 16 heavy (non-hydrogen) atoms. The summed E-state index contributed by atoms with van der Waals surface area (Å²) in [7, 11) is 0. The molecular weight excluding hydrogens is 206 g/mol. The Morgan fingerprint density at radius 1 is 1.50 bits per heavy atom. The molecule has 0 amide bonds. The highest BCUT2D eigenvalue weighted by Gasteiger charge is 2.05. The van der Waals surface area contributed by atoms with E-state index < -0.39 is 0 Å². The minimum atomic E-state index is -0.0529. The van der Waals surface area contributed by atoms with Gasteiger partial charge in [0.15, 0.2) is 5.82 Å². The van der Waals surface area contributed by atoms with Gasteiger partial charge in [0.2, 0.25) is 5.89 Å². The zero-order chi connectivity index (χ0) is 11.5. The van der Waals surface area contributed by atoms with Crippen LogP contribution in [0.1, 0.15) is 24.2 Å². The summed E-state index contributed by atoms with van der Waals surface area (Å²) in [6, 6.07) is 3.46. The van der Waals surface area contributed by atoms with E-state index >= 15 is 0 Å². The van der Waals surface area contributed by atoms with Gasteiger partial charge in [-0.2, -0.15) is 4.98 Å². The Labute approximate surface area is 92.7 Å². The molecule has 0 aliphatic heterocycles. The lowest BCUT2D eigenvalue weighted by Crippen LogP contribution is -2.19. The second-order valence-corrected chi connectivity index (χ2v) is 3.63. The number of rotatable bonds is 3. The number of aromatic nitrogens is 3. The molecule has 0 aromatic carbocycles. The summed E-state index contributed by atoms with van der Waals surface area (Å²) in [6.07, 6.45) is 2.44. The lowest BCUT2D eigenvalue weighted by molar-refractivity contribution is 0.375. The van der Waals surface area contributed by atoms with Gasteiger partial charge in [-0.25, -0.2) is 0 Å². The summed E-state index contributed by atoms with van der Waals surface area (Å²) in [5, 5.41) is 3.80. The number of nitrogens with zero attached hydrogens (tertiary/aromatic N) is 3. The lowest BCUT2D eigenvalue weighted by atomic mass is 10.3. The highest BCUT2D eigenvalue weighted by Crippen LogP contribution is 2.00. The molecule has 0 bridgehead atoms. The number of hydrogen-bond acceptors (Lipinski definition) is 4. The highest BCUT2D eigenvalue weighted by atomic mass is 16.5. The van der Waals surface area contributed by atoms with E-state index in [0.717, 1.165) is 5.56 Å². The number of aryl methyl sites for hydroxylation is 2. The highest BCUT2D eigenvalue weighted by molar-refractivity contribution is 5.08. The molecule has 0 aliphatic carbocycles. The standard InChI is InChI=1S/C11H13N3O2/c1-3-10-12-9(13-16-10)7-14-5-4-8(2)6-11(14)15/h4-6H,3,7H2,1-2H3. The fraction of sp³-hybridized carbons (Fsp3) is 0.364. The normalized spacial score (nSPS) is 10.6. The molecule has 0 N–H and O–H groups in total. The Kier molecular flexibility index (Phi) is 2.85. The maximum Gasteiger partial charge on any atom is 0.251 e. The van der Waals surface area contributed by atoms with Crippen molar-refractivity contribution in [2.24, 2.45) is 0 Å². The molecular formula is C11H13N3O2. The maximum absolute atomic E-state index is 11.6. The minimum Gasteiger partial charge on any atom is -0.339 e. The van der Waals surface area contributed by atoms with Crippen molar-refractivity contribution in [1.29, 1.82) is 0 Å². The zero-order valence-electron chi connectivity index (χ0n) is 9.30. The molecule has 0 saturated heterocycles. The quantitative estimate of drug-likeness (QED) is 0.777. The minimum absolute atomic E-state index is 0.0529. The Morgan fingerprint density at radius 3 is 2.94 bits per heavy atom. The van der Waals surface area contributed by atoms with Crippen molar-refractivity contribution in [2.45, 2.75) is 26.8 Å². The third kappa shape index (κ3) is 2.18. The van der Waals surface area contributed by atoms with Gasteiger partial charge in [0, 0.05) is 18.7 Å². The van der Waals surface area contributed by atoms with E-state index in [-0.39, 0.29) is 5.56 Å². The summed E-state index contributed by atoms with van der Waals surface area (Å²) in [6.45, 7) is 4.17. The molecule has 0 radical (unpaired) electrons. The average molecular weight is 219 g/mol. The fourth-order valence-electron chi connectivity index (χ4n) is 1.39. The molecule has 0 unspecified atom stereocenters. The van der Waals surface area contributed by atoms with Crippen LogP contribution < -0.4 is 5.56 Å². The van der Waals surface area contributed by atoms with Gasteiger partial charge in [0.1, 0.15) is 0 Å². The van der Waals surface area contributed by atoms with E-state index in [2.05, 4.69) is 10.1 Å². The first-order valence-electron chi connectivity index (χ1n) is 5.17.